The third kappa shape index (κ3) is 3.83. The number of nitrogens with one attached hydrogen (secondary N) is 1. The monoisotopic (exact) mass is 403 g/mol. The highest BCUT2D eigenvalue weighted by Gasteiger charge is 2.30. The van der Waals surface area contributed by atoms with E-state index in [0.29, 0.717) is 31.7 Å². The Morgan fingerprint density at radius 1 is 1.07 bits per heavy atom. The van der Waals surface area contributed by atoms with Crippen molar-refractivity contribution in [3.05, 3.63) is 53.6 Å². The van der Waals surface area contributed by atoms with Crippen LogP contribution >= 0.6 is 0 Å². The predicted octanol–water partition coefficient (Wildman–Crippen LogP) is 1.87. The quantitative estimate of drug-likeness (QED) is 0.825. The number of rotatable bonds is 5. The Hall–Kier alpha value is -2.58. The summed E-state index contributed by atoms with van der Waals surface area (Å²) in [6.45, 7) is 3.64. The molecule has 3 rings (SSSR count). The largest absolute Gasteiger partial charge is 0.495 e. The number of sulfonamides is 1. The van der Waals surface area contributed by atoms with Crippen molar-refractivity contribution in [3.8, 4) is 5.75 Å². The van der Waals surface area contributed by atoms with Gasteiger partial charge >= 0.3 is 0 Å². The third-order valence-electron chi connectivity index (χ3n) is 4.98. The zero-order chi connectivity index (χ0) is 20.3. The van der Waals surface area contributed by atoms with E-state index in [4.69, 9.17) is 4.74 Å². The molecule has 8 heteroatoms. The van der Waals surface area contributed by atoms with Gasteiger partial charge in [-0.15, -0.1) is 0 Å². The second kappa shape index (κ2) is 8.20. The van der Waals surface area contributed by atoms with Crippen LogP contribution in [0.15, 0.2) is 47.4 Å². The number of ether oxygens (including phenoxy) is 1. The van der Waals surface area contributed by atoms with Crippen LogP contribution in [0.25, 0.3) is 0 Å². The number of hydrogen-bond donors (Lipinski definition) is 1. The Balaban J connectivity index is 1.79. The van der Waals surface area contributed by atoms with Crippen LogP contribution in [0.2, 0.25) is 0 Å². The van der Waals surface area contributed by atoms with Gasteiger partial charge in [-0.05, 0) is 36.8 Å². The number of para-hydroxylation sites is 2. The van der Waals surface area contributed by atoms with Crippen LogP contribution in [0.1, 0.15) is 15.9 Å². The van der Waals surface area contributed by atoms with Crippen molar-refractivity contribution < 1.29 is 17.9 Å². The summed E-state index contributed by atoms with van der Waals surface area (Å²) in [6, 6.07) is 12.4. The van der Waals surface area contributed by atoms with Crippen molar-refractivity contribution >= 4 is 21.6 Å². The molecule has 0 bridgehead atoms. The molecule has 0 radical (unpaired) electrons. The number of nitrogens with zero attached hydrogens (tertiary/aromatic N) is 2. The summed E-state index contributed by atoms with van der Waals surface area (Å²) >= 11 is 0. The third-order valence-corrected chi connectivity index (χ3v) is 6.88. The lowest BCUT2D eigenvalue weighted by Gasteiger charge is -2.36. The SMILES string of the molecule is CNC(=O)c1cc(S(=O)(=O)N2CCN(c3ccccc3OC)CC2)ccc1C. The van der Waals surface area contributed by atoms with Crippen LogP contribution in [0, 0.1) is 6.92 Å². The molecule has 0 aliphatic carbocycles. The molecule has 0 atom stereocenters. The molecule has 0 spiro atoms. The first-order valence-electron chi connectivity index (χ1n) is 9.09. The Kier molecular flexibility index (Phi) is 5.90. The number of hydrogen-bond acceptors (Lipinski definition) is 5. The number of piperazine rings is 1. The van der Waals surface area contributed by atoms with Gasteiger partial charge in [-0.25, -0.2) is 8.42 Å². The summed E-state index contributed by atoms with van der Waals surface area (Å²) in [4.78, 5) is 14.3. The molecule has 28 heavy (non-hydrogen) atoms. The maximum absolute atomic E-state index is 13.1. The molecule has 1 fully saturated rings. The summed E-state index contributed by atoms with van der Waals surface area (Å²) in [5.74, 6) is 0.475. The van der Waals surface area contributed by atoms with Crippen molar-refractivity contribution in [2.45, 2.75) is 11.8 Å². The average Bonchev–Trinajstić information content (AvgIpc) is 2.73. The molecule has 1 amide bonds. The van der Waals surface area contributed by atoms with Crippen LogP contribution in [0.5, 0.6) is 5.75 Å². The minimum atomic E-state index is -3.67. The second-order valence-electron chi connectivity index (χ2n) is 6.62. The molecule has 1 aliphatic heterocycles. The van der Waals surface area contributed by atoms with E-state index >= 15 is 0 Å². The van der Waals surface area contributed by atoms with Crippen LogP contribution in [-0.2, 0) is 10.0 Å². The van der Waals surface area contributed by atoms with Gasteiger partial charge in [0.2, 0.25) is 10.0 Å². The van der Waals surface area contributed by atoms with Crippen LogP contribution in [0.4, 0.5) is 5.69 Å². The van der Waals surface area contributed by atoms with Crippen LogP contribution in [-0.4, -0.2) is 59.0 Å². The summed E-state index contributed by atoms with van der Waals surface area (Å²) in [5, 5.41) is 2.55. The van der Waals surface area contributed by atoms with Crippen LogP contribution < -0.4 is 15.0 Å². The van der Waals surface area contributed by atoms with E-state index in [9.17, 15) is 13.2 Å². The maximum atomic E-state index is 13.1. The fourth-order valence-electron chi connectivity index (χ4n) is 3.35. The summed E-state index contributed by atoms with van der Waals surface area (Å²) in [5.41, 5.74) is 2.06. The van der Waals surface area contributed by atoms with Gasteiger partial charge in [-0.1, -0.05) is 18.2 Å². The minimum absolute atomic E-state index is 0.141. The number of methoxy groups -OCH3 is 1. The smallest absolute Gasteiger partial charge is 0.251 e. The standard InChI is InChI=1S/C20H25N3O4S/c1-15-8-9-16(14-17(15)20(24)21-2)28(25,26)23-12-10-22(11-13-23)18-6-4-5-7-19(18)27-3/h4-9,14H,10-13H2,1-3H3,(H,21,24). The second-order valence-corrected chi connectivity index (χ2v) is 8.56. The molecule has 1 heterocycles. The molecule has 1 aliphatic rings. The Morgan fingerprint density at radius 2 is 1.75 bits per heavy atom. The first-order valence-corrected chi connectivity index (χ1v) is 10.5. The van der Waals surface area contributed by atoms with E-state index in [1.54, 1.807) is 26.2 Å². The zero-order valence-electron chi connectivity index (χ0n) is 16.3. The van der Waals surface area contributed by atoms with E-state index in [2.05, 4.69) is 10.2 Å². The molecular formula is C20H25N3O4S. The van der Waals surface area contributed by atoms with E-state index < -0.39 is 10.0 Å². The van der Waals surface area contributed by atoms with E-state index in [1.165, 1.54) is 17.4 Å². The van der Waals surface area contributed by atoms with Crippen molar-refractivity contribution in [1.29, 1.82) is 0 Å². The number of carbonyl (C=O) groups excluding carboxylic acids is 1. The zero-order valence-corrected chi connectivity index (χ0v) is 17.1. The summed E-state index contributed by atoms with van der Waals surface area (Å²) in [6.07, 6.45) is 0. The van der Waals surface area contributed by atoms with Crippen molar-refractivity contribution in [2.75, 3.05) is 45.2 Å². The van der Waals surface area contributed by atoms with Gasteiger partial charge in [0.25, 0.3) is 5.91 Å². The highest BCUT2D eigenvalue weighted by Crippen LogP contribution is 2.29. The molecule has 2 aromatic rings. The number of carbonyl (C=O) groups is 1. The first-order chi connectivity index (χ1) is 13.4. The summed E-state index contributed by atoms with van der Waals surface area (Å²) < 4.78 is 33.0. The molecule has 1 N–H and O–H groups in total. The molecule has 1 saturated heterocycles. The maximum Gasteiger partial charge on any atom is 0.251 e. The normalized spacial score (nSPS) is 15.3. The van der Waals surface area contributed by atoms with Gasteiger partial charge in [-0.2, -0.15) is 4.31 Å². The first kappa shape index (κ1) is 20.2. The fourth-order valence-corrected chi connectivity index (χ4v) is 4.80. The van der Waals surface area contributed by atoms with Gasteiger partial charge in [-0.3, -0.25) is 4.79 Å². The van der Waals surface area contributed by atoms with Gasteiger partial charge in [0, 0.05) is 38.8 Å². The predicted molar refractivity (Wildman–Crippen MR) is 109 cm³/mol. The Labute approximate surface area is 166 Å². The molecule has 0 unspecified atom stereocenters. The molecule has 7 nitrogen and oxygen atoms in total. The van der Waals surface area contributed by atoms with E-state index in [-0.39, 0.29) is 10.8 Å². The highest BCUT2D eigenvalue weighted by molar-refractivity contribution is 7.89. The minimum Gasteiger partial charge on any atom is -0.495 e. The number of benzene rings is 2. The van der Waals surface area contributed by atoms with Gasteiger partial charge in [0.15, 0.2) is 0 Å². The van der Waals surface area contributed by atoms with Crippen molar-refractivity contribution in [2.24, 2.45) is 0 Å². The number of aryl methyl sites for hydroxylation is 1. The average molecular weight is 404 g/mol. The summed E-state index contributed by atoms with van der Waals surface area (Å²) in [7, 11) is -0.515. The Morgan fingerprint density at radius 3 is 2.39 bits per heavy atom. The van der Waals surface area contributed by atoms with Crippen LogP contribution in [0.3, 0.4) is 0 Å². The molecule has 150 valence electrons. The van der Waals surface area contributed by atoms with Gasteiger partial charge in [0.05, 0.1) is 17.7 Å². The fraction of sp³-hybridized carbons (Fsp3) is 0.350. The molecule has 0 aromatic heterocycles. The van der Waals surface area contributed by atoms with Gasteiger partial charge in [0.1, 0.15) is 5.75 Å². The lowest BCUT2D eigenvalue weighted by atomic mass is 10.1. The molecular weight excluding hydrogens is 378 g/mol. The van der Waals surface area contributed by atoms with E-state index in [1.807, 2.05) is 24.3 Å². The van der Waals surface area contributed by atoms with Crippen molar-refractivity contribution in [1.82, 2.24) is 9.62 Å². The topological polar surface area (TPSA) is 79.0 Å². The lowest BCUT2D eigenvalue weighted by molar-refractivity contribution is 0.0962. The molecule has 0 saturated carbocycles. The number of amides is 1. The van der Waals surface area contributed by atoms with E-state index in [0.717, 1.165) is 17.0 Å². The highest BCUT2D eigenvalue weighted by atomic mass is 32.2. The van der Waals surface area contributed by atoms with Crippen molar-refractivity contribution in [3.63, 3.8) is 0 Å². The number of anilines is 1. The lowest BCUT2D eigenvalue weighted by Crippen LogP contribution is -2.48. The Bertz CT molecular complexity index is 967. The molecule has 2 aromatic carbocycles. The van der Waals surface area contributed by atoms with Gasteiger partial charge < -0.3 is 15.0 Å².